The average Bonchev–Trinajstić information content (AvgIpc) is 2.61. The van der Waals surface area contributed by atoms with Gasteiger partial charge in [0.15, 0.2) is 11.6 Å². The zero-order valence-electron chi connectivity index (χ0n) is 14.8. The summed E-state index contributed by atoms with van der Waals surface area (Å²) in [4.78, 5) is 25.2. The van der Waals surface area contributed by atoms with E-state index in [1.54, 1.807) is 6.08 Å². The molecule has 25 heavy (non-hydrogen) atoms. The average molecular weight is 330 g/mol. The molecule has 4 rings (SSSR count). The van der Waals surface area contributed by atoms with E-state index < -0.39 is 0 Å². The van der Waals surface area contributed by atoms with Gasteiger partial charge in [-0.15, -0.1) is 0 Å². The number of rotatable bonds is 3. The predicted molar refractivity (Wildman–Crippen MR) is 101 cm³/mol. The lowest BCUT2D eigenvalue weighted by Gasteiger charge is -2.29. The molecule has 2 heteroatoms. The molecule has 2 aliphatic carbocycles. The first-order valence-electron chi connectivity index (χ1n) is 9.12. The molecule has 0 saturated carbocycles. The number of carbonyl (C=O) groups excluding carboxylic acids is 2. The first-order chi connectivity index (χ1) is 12.1. The van der Waals surface area contributed by atoms with E-state index in [-0.39, 0.29) is 17.5 Å². The molecular formula is C23H22O2. The highest BCUT2D eigenvalue weighted by molar-refractivity contribution is 6.10. The topological polar surface area (TPSA) is 34.1 Å². The monoisotopic (exact) mass is 330 g/mol. The quantitative estimate of drug-likeness (QED) is 0.760. The molecule has 0 N–H and O–H groups in total. The molecule has 0 aliphatic heterocycles. The van der Waals surface area contributed by atoms with Gasteiger partial charge in [-0.2, -0.15) is 0 Å². The van der Waals surface area contributed by atoms with Gasteiger partial charge in [-0.05, 0) is 52.8 Å². The SMILES string of the molecule is CCCCC1C(=O)C=C(C)c2c1ccc1c2CC(=O)c2ccccc2-1. The van der Waals surface area contributed by atoms with Crippen LogP contribution < -0.4 is 0 Å². The zero-order chi connectivity index (χ0) is 17.6. The van der Waals surface area contributed by atoms with Gasteiger partial charge in [-0.3, -0.25) is 9.59 Å². The molecule has 0 spiro atoms. The maximum absolute atomic E-state index is 12.7. The summed E-state index contributed by atoms with van der Waals surface area (Å²) in [6.07, 6.45) is 5.22. The van der Waals surface area contributed by atoms with Crippen LogP contribution in [0.1, 0.15) is 66.1 Å². The minimum atomic E-state index is -0.0591. The summed E-state index contributed by atoms with van der Waals surface area (Å²) in [5, 5.41) is 0. The molecule has 1 unspecified atom stereocenters. The summed E-state index contributed by atoms with van der Waals surface area (Å²) in [6.45, 7) is 4.15. The van der Waals surface area contributed by atoms with Crippen LogP contribution in [-0.2, 0) is 11.2 Å². The van der Waals surface area contributed by atoms with Crippen LogP contribution in [0.4, 0.5) is 0 Å². The second kappa shape index (κ2) is 6.11. The van der Waals surface area contributed by atoms with Crippen molar-refractivity contribution in [3.63, 3.8) is 0 Å². The van der Waals surface area contributed by atoms with E-state index in [9.17, 15) is 9.59 Å². The van der Waals surface area contributed by atoms with Gasteiger partial charge >= 0.3 is 0 Å². The normalized spacial score (nSPS) is 18.3. The summed E-state index contributed by atoms with van der Waals surface area (Å²) >= 11 is 0. The fourth-order valence-corrected chi connectivity index (χ4v) is 4.32. The number of fused-ring (bicyclic) bond motifs is 5. The van der Waals surface area contributed by atoms with Crippen LogP contribution >= 0.6 is 0 Å². The molecule has 0 fully saturated rings. The Morgan fingerprint density at radius 1 is 1.00 bits per heavy atom. The minimum Gasteiger partial charge on any atom is -0.294 e. The van der Waals surface area contributed by atoms with Gasteiger partial charge in [0.1, 0.15) is 0 Å². The second-order valence-corrected chi connectivity index (χ2v) is 7.13. The molecular weight excluding hydrogens is 308 g/mol. The number of allylic oxidation sites excluding steroid dienone is 2. The van der Waals surface area contributed by atoms with Crippen molar-refractivity contribution in [3.05, 3.63) is 64.7 Å². The Bertz CT molecular complexity index is 918. The van der Waals surface area contributed by atoms with Crippen LogP contribution in [0.15, 0.2) is 42.5 Å². The summed E-state index contributed by atoms with van der Waals surface area (Å²) < 4.78 is 0. The third-order valence-electron chi connectivity index (χ3n) is 5.52. The lowest BCUT2D eigenvalue weighted by atomic mass is 9.73. The Labute approximate surface area is 148 Å². The van der Waals surface area contributed by atoms with Gasteiger partial charge in [0.25, 0.3) is 0 Å². The Balaban J connectivity index is 1.93. The lowest BCUT2D eigenvalue weighted by molar-refractivity contribution is -0.116. The molecule has 2 aliphatic rings. The number of hydrogen-bond donors (Lipinski definition) is 0. The molecule has 0 heterocycles. The molecule has 0 bridgehead atoms. The molecule has 0 radical (unpaired) electrons. The van der Waals surface area contributed by atoms with Crippen molar-refractivity contribution in [1.82, 2.24) is 0 Å². The Morgan fingerprint density at radius 2 is 1.76 bits per heavy atom. The molecule has 2 aromatic carbocycles. The van der Waals surface area contributed by atoms with Crippen LogP contribution in [0.3, 0.4) is 0 Å². The Hall–Kier alpha value is -2.48. The number of ketones is 2. The zero-order valence-corrected chi connectivity index (χ0v) is 14.8. The number of benzene rings is 2. The van der Waals surface area contributed by atoms with Gasteiger partial charge in [-0.1, -0.05) is 56.2 Å². The Morgan fingerprint density at radius 3 is 2.52 bits per heavy atom. The molecule has 0 saturated heterocycles. The van der Waals surface area contributed by atoms with Crippen molar-refractivity contribution in [2.24, 2.45) is 0 Å². The van der Waals surface area contributed by atoms with Crippen LogP contribution in [-0.4, -0.2) is 11.6 Å². The molecule has 2 nitrogen and oxygen atoms in total. The van der Waals surface area contributed by atoms with Gasteiger partial charge < -0.3 is 0 Å². The van der Waals surface area contributed by atoms with Crippen molar-refractivity contribution < 1.29 is 9.59 Å². The maximum atomic E-state index is 12.7. The van der Waals surface area contributed by atoms with Crippen LogP contribution in [0, 0.1) is 0 Å². The predicted octanol–water partition coefficient (Wildman–Crippen LogP) is 5.35. The molecule has 2 aromatic rings. The maximum Gasteiger partial charge on any atom is 0.167 e. The van der Waals surface area contributed by atoms with E-state index in [1.807, 2.05) is 31.2 Å². The van der Waals surface area contributed by atoms with Gasteiger partial charge in [-0.25, -0.2) is 0 Å². The van der Waals surface area contributed by atoms with E-state index in [2.05, 4.69) is 19.1 Å². The number of unbranched alkanes of at least 4 members (excludes halogenated alkanes) is 1. The van der Waals surface area contributed by atoms with E-state index >= 15 is 0 Å². The fraction of sp³-hybridized carbons (Fsp3) is 0.304. The van der Waals surface area contributed by atoms with E-state index in [1.165, 1.54) is 0 Å². The van der Waals surface area contributed by atoms with Crippen molar-refractivity contribution in [2.45, 2.75) is 45.4 Å². The molecule has 0 aromatic heterocycles. The van der Waals surface area contributed by atoms with E-state index in [0.717, 1.165) is 58.2 Å². The van der Waals surface area contributed by atoms with E-state index in [4.69, 9.17) is 0 Å². The standard InChI is InChI=1S/C23H22O2/c1-3-4-7-18-19-11-10-16-15-8-5-6-9-17(15)22(25)13-20(16)23(19)14(2)12-21(18)24/h5-6,8-12,18H,3-4,7,13H2,1-2H3. The summed E-state index contributed by atoms with van der Waals surface area (Å²) in [7, 11) is 0. The summed E-state index contributed by atoms with van der Waals surface area (Å²) in [5.74, 6) is 0.323. The second-order valence-electron chi connectivity index (χ2n) is 7.13. The summed E-state index contributed by atoms with van der Waals surface area (Å²) in [5.41, 5.74) is 7.33. The first-order valence-corrected chi connectivity index (χ1v) is 9.12. The minimum absolute atomic E-state index is 0.0591. The van der Waals surface area contributed by atoms with Crippen LogP contribution in [0.2, 0.25) is 0 Å². The fourth-order valence-electron chi connectivity index (χ4n) is 4.32. The summed E-state index contributed by atoms with van der Waals surface area (Å²) in [6, 6.07) is 12.1. The van der Waals surface area contributed by atoms with Crippen molar-refractivity contribution >= 4 is 17.1 Å². The van der Waals surface area contributed by atoms with Gasteiger partial charge in [0, 0.05) is 17.9 Å². The lowest BCUT2D eigenvalue weighted by Crippen LogP contribution is -2.21. The Kier molecular flexibility index (Phi) is 3.91. The number of carbonyl (C=O) groups is 2. The third kappa shape index (κ3) is 2.48. The molecule has 1 atom stereocenters. The highest BCUT2D eigenvalue weighted by Gasteiger charge is 2.32. The highest BCUT2D eigenvalue weighted by Crippen LogP contribution is 2.43. The smallest absolute Gasteiger partial charge is 0.167 e. The molecule has 0 amide bonds. The van der Waals surface area contributed by atoms with Crippen molar-refractivity contribution in [1.29, 1.82) is 0 Å². The van der Waals surface area contributed by atoms with Crippen LogP contribution in [0.25, 0.3) is 16.7 Å². The largest absolute Gasteiger partial charge is 0.294 e. The van der Waals surface area contributed by atoms with Crippen molar-refractivity contribution in [3.8, 4) is 11.1 Å². The van der Waals surface area contributed by atoms with E-state index in [0.29, 0.717) is 6.42 Å². The van der Waals surface area contributed by atoms with Gasteiger partial charge in [0.2, 0.25) is 0 Å². The third-order valence-corrected chi connectivity index (χ3v) is 5.52. The van der Waals surface area contributed by atoms with Crippen molar-refractivity contribution in [2.75, 3.05) is 0 Å². The number of hydrogen-bond acceptors (Lipinski definition) is 2. The first kappa shape index (κ1) is 16.0. The van der Waals surface area contributed by atoms with Gasteiger partial charge in [0.05, 0.1) is 0 Å². The van der Waals surface area contributed by atoms with Crippen LogP contribution in [0.5, 0.6) is 0 Å². The molecule has 126 valence electrons. The number of Topliss-reactive ketones (excluding diaryl/α,β-unsaturated/α-hetero) is 1. The highest BCUT2D eigenvalue weighted by atomic mass is 16.1.